The van der Waals surface area contributed by atoms with E-state index in [9.17, 15) is 9.18 Å². The second kappa shape index (κ2) is 7.07. The van der Waals surface area contributed by atoms with E-state index in [1.165, 1.54) is 24.5 Å². The van der Waals surface area contributed by atoms with Crippen molar-refractivity contribution in [2.24, 2.45) is 0 Å². The molecule has 0 saturated carbocycles. The molecule has 2 N–H and O–H groups in total. The first-order valence-corrected chi connectivity index (χ1v) is 6.05. The average molecular weight is 286 g/mol. The van der Waals surface area contributed by atoms with Gasteiger partial charge in [-0.2, -0.15) is 5.10 Å². The SMILES string of the molecule is O=C(Nc1nccnn1)c1ccc(C#CCCO)c(F)c1. The largest absolute Gasteiger partial charge is 0.395 e. The van der Waals surface area contributed by atoms with Gasteiger partial charge in [-0.15, -0.1) is 5.10 Å². The minimum atomic E-state index is -0.611. The summed E-state index contributed by atoms with van der Waals surface area (Å²) in [6.07, 6.45) is 3.01. The lowest BCUT2D eigenvalue weighted by Gasteiger charge is -2.03. The molecular weight excluding hydrogens is 275 g/mol. The molecule has 2 aromatic rings. The molecule has 6 nitrogen and oxygen atoms in total. The number of nitrogens with one attached hydrogen (secondary N) is 1. The first kappa shape index (κ1) is 14.6. The van der Waals surface area contributed by atoms with E-state index in [4.69, 9.17) is 5.11 Å². The van der Waals surface area contributed by atoms with E-state index in [0.717, 1.165) is 6.07 Å². The number of nitrogens with zero attached hydrogens (tertiary/aromatic N) is 3. The first-order valence-electron chi connectivity index (χ1n) is 6.05. The minimum absolute atomic E-state index is 0.0368. The predicted molar refractivity (Wildman–Crippen MR) is 72.8 cm³/mol. The molecule has 0 aliphatic carbocycles. The van der Waals surface area contributed by atoms with Crippen LogP contribution in [0.3, 0.4) is 0 Å². The molecule has 0 radical (unpaired) electrons. The van der Waals surface area contributed by atoms with E-state index in [1.54, 1.807) is 0 Å². The monoisotopic (exact) mass is 286 g/mol. The van der Waals surface area contributed by atoms with E-state index >= 15 is 0 Å². The molecule has 0 aliphatic heterocycles. The van der Waals surface area contributed by atoms with Crippen LogP contribution in [-0.2, 0) is 0 Å². The molecule has 7 heteroatoms. The summed E-state index contributed by atoms with van der Waals surface area (Å²) in [5.41, 5.74) is 0.283. The topological polar surface area (TPSA) is 88.0 Å². The lowest BCUT2D eigenvalue weighted by atomic mass is 10.1. The molecule has 1 aromatic carbocycles. The van der Waals surface area contributed by atoms with Crippen LogP contribution in [0, 0.1) is 17.7 Å². The second-order valence-electron chi connectivity index (χ2n) is 3.89. The van der Waals surface area contributed by atoms with Gasteiger partial charge >= 0.3 is 0 Å². The van der Waals surface area contributed by atoms with Crippen LogP contribution in [0.15, 0.2) is 30.6 Å². The Balaban J connectivity index is 2.13. The zero-order chi connectivity index (χ0) is 15.1. The van der Waals surface area contributed by atoms with Gasteiger partial charge in [0.15, 0.2) is 0 Å². The van der Waals surface area contributed by atoms with E-state index in [-0.39, 0.29) is 30.1 Å². The highest BCUT2D eigenvalue weighted by atomic mass is 19.1. The Kier molecular flexibility index (Phi) is 4.90. The summed E-state index contributed by atoms with van der Waals surface area (Å²) in [6, 6.07) is 3.92. The van der Waals surface area contributed by atoms with Gasteiger partial charge in [0, 0.05) is 12.0 Å². The van der Waals surface area contributed by atoms with Crippen molar-refractivity contribution in [2.75, 3.05) is 11.9 Å². The molecule has 0 spiro atoms. The number of aromatic nitrogens is 3. The van der Waals surface area contributed by atoms with E-state index in [2.05, 4.69) is 32.3 Å². The summed E-state index contributed by atoms with van der Waals surface area (Å²) < 4.78 is 13.8. The third kappa shape index (κ3) is 4.06. The molecule has 1 aromatic heterocycles. The number of anilines is 1. The van der Waals surface area contributed by atoms with E-state index in [0.29, 0.717) is 0 Å². The van der Waals surface area contributed by atoms with Gasteiger partial charge in [0.2, 0.25) is 5.95 Å². The maximum atomic E-state index is 13.8. The molecule has 0 aliphatic rings. The lowest BCUT2D eigenvalue weighted by molar-refractivity contribution is 0.102. The molecular formula is C14H11FN4O2. The number of rotatable bonds is 3. The molecule has 1 heterocycles. The minimum Gasteiger partial charge on any atom is -0.395 e. The van der Waals surface area contributed by atoms with Gasteiger partial charge < -0.3 is 5.11 Å². The van der Waals surface area contributed by atoms with Crippen molar-refractivity contribution in [1.29, 1.82) is 0 Å². The number of aliphatic hydroxyl groups is 1. The number of carbonyl (C=O) groups excluding carboxylic acids is 1. The zero-order valence-electron chi connectivity index (χ0n) is 10.9. The zero-order valence-corrected chi connectivity index (χ0v) is 10.9. The van der Waals surface area contributed by atoms with Gasteiger partial charge in [-0.05, 0) is 18.2 Å². The van der Waals surface area contributed by atoms with Crippen molar-refractivity contribution in [1.82, 2.24) is 15.2 Å². The Morgan fingerprint density at radius 2 is 2.24 bits per heavy atom. The molecule has 0 atom stereocenters. The van der Waals surface area contributed by atoms with E-state index < -0.39 is 11.7 Å². The highest BCUT2D eigenvalue weighted by Crippen LogP contribution is 2.11. The summed E-state index contributed by atoms with van der Waals surface area (Å²) in [7, 11) is 0. The fraction of sp³-hybridized carbons (Fsp3) is 0.143. The number of halogens is 1. The Morgan fingerprint density at radius 1 is 1.38 bits per heavy atom. The van der Waals surface area contributed by atoms with Crippen LogP contribution in [0.2, 0.25) is 0 Å². The van der Waals surface area contributed by atoms with Gasteiger partial charge in [0.05, 0.1) is 24.6 Å². The number of benzene rings is 1. The van der Waals surface area contributed by atoms with Gasteiger partial charge in [-0.1, -0.05) is 11.8 Å². The molecule has 0 bridgehead atoms. The predicted octanol–water partition coefficient (Wildman–Crippen LogP) is 0.997. The Morgan fingerprint density at radius 3 is 2.90 bits per heavy atom. The molecule has 21 heavy (non-hydrogen) atoms. The van der Waals surface area contributed by atoms with Crippen molar-refractivity contribution in [3.8, 4) is 11.8 Å². The number of hydrogen-bond donors (Lipinski definition) is 2. The standard InChI is InChI=1S/C14H11FN4O2/c15-12-9-11(5-4-10(12)3-1-2-8-20)13(21)18-14-16-6-7-17-19-14/h4-7,9,20H,2,8H2,(H,16,18,19,21). The Labute approximate surface area is 120 Å². The fourth-order valence-corrected chi connectivity index (χ4v) is 1.45. The van der Waals surface area contributed by atoms with Crippen LogP contribution in [0.25, 0.3) is 0 Å². The van der Waals surface area contributed by atoms with Crippen LogP contribution in [0.5, 0.6) is 0 Å². The molecule has 1 amide bonds. The van der Waals surface area contributed by atoms with Crippen LogP contribution in [0.1, 0.15) is 22.3 Å². The van der Waals surface area contributed by atoms with Gasteiger partial charge in [0.1, 0.15) is 5.82 Å². The van der Waals surface area contributed by atoms with Crippen molar-refractivity contribution in [3.05, 3.63) is 47.5 Å². The van der Waals surface area contributed by atoms with Gasteiger partial charge in [-0.25, -0.2) is 9.37 Å². The van der Waals surface area contributed by atoms with Crippen molar-refractivity contribution in [2.45, 2.75) is 6.42 Å². The summed E-state index contributed by atoms with van der Waals surface area (Å²) in [5.74, 6) is 4.07. The maximum absolute atomic E-state index is 13.8. The summed E-state index contributed by atoms with van der Waals surface area (Å²) in [6.45, 7) is -0.0831. The smallest absolute Gasteiger partial charge is 0.258 e. The van der Waals surface area contributed by atoms with Crippen LogP contribution in [0.4, 0.5) is 10.3 Å². The first-order chi connectivity index (χ1) is 10.2. The van der Waals surface area contributed by atoms with Crippen LogP contribution in [-0.4, -0.2) is 32.8 Å². The normalized spacial score (nSPS) is 9.62. The molecule has 0 unspecified atom stereocenters. The number of carbonyl (C=O) groups is 1. The Bertz CT molecular complexity index is 695. The fourth-order valence-electron chi connectivity index (χ4n) is 1.45. The molecule has 0 saturated heterocycles. The average Bonchev–Trinajstić information content (AvgIpc) is 2.50. The second-order valence-corrected chi connectivity index (χ2v) is 3.89. The molecule has 106 valence electrons. The number of aliphatic hydroxyl groups excluding tert-OH is 1. The van der Waals surface area contributed by atoms with E-state index in [1.807, 2.05) is 0 Å². The van der Waals surface area contributed by atoms with Crippen molar-refractivity contribution < 1.29 is 14.3 Å². The van der Waals surface area contributed by atoms with Crippen LogP contribution >= 0.6 is 0 Å². The van der Waals surface area contributed by atoms with Crippen molar-refractivity contribution >= 4 is 11.9 Å². The lowest BCUT2D eigenvalue weighted by Crippen LogP contribution is -2.14. The summed E-state index contributed by atoms with van der Waals surface area (Å²) >= 11 is 0. The van der Waals surface area contributed by atoms with Gasteiger partial charge in [-0.3, -0.25) is 10.1 Å². The van der Waals surface area contributed by atoms with Crippen LogP contribution < -0.4 is 5.32 Å². The third-order valence-electron chi connectivity index (χ3n) is 2.40. The quantitative estimate of drug-likeness (QED) is 0.822. The van der Waals surface area contributed by atoms with Gasteiger partial charge in [0.25, 0.3) is 5.91 Å². The third-order valence-corrected chi connectivity index (χ3v) is 2.40. The Hall–Kier alpha value is -2.85. The highest BCUT2D eigenvalue weighted by molar-refractivity contribution is 6.03. The summed E-state index contributed by atoms with van der Waals surface area (Å²) in [4.78, 5) is 15.7. The maximum Gasteiger partial charge on any atom is 0.258 e. The van der Waals surface area contributed by atoms with Crippen molar-refractivity contribution in [3.63, 3.8) is 0 Å². The number of hydrogen-bond acceptors (Lipinski definition) is 5. The summed E-state index contributed by atoms with van der Waals surface area (Å²) in [5, 5.41) is 18.2. The number of amides is 1. The molecule has 2 rings (SSSR count). The highest BCUT2D eigenvalue weighted by Gasteiger charge is 2.10. The molecule has 0 fully saturated rings.